The molecule has 0 radical (unpaired) electrons. The van der Waals surface area contributed by atoms with Crippen LogP contribution in [0, 0.1) is 13.8 Å². The van der Waals surface area contributed by atoms with Crippen molar-refractivity contribution in [2.24, 2.45) is 0 Å². The molecule has 5 nitrogen and oxygen atoms in total. The van der Waals surface area contributed by atoms with Gasteiger partial charge in [0.05, 0.1) is 14.2 Å². The molecule has 0 saturated heterocycles. The third-order valence-corrected chi connectivity index (χ3v) is 3.99. The highest BCUT2D eigenvalue weighted by Crippen LogP contribution is 2.28. The molecular weight excluding hydrogens is 318 g/mol. The molecule has 2 aromatic carbocycles. The van der Waals surface area contributed by atoms with Gasteiger partial charge in [-0.25, -0.2) is 0 Å². The van der Waals surface area contributed by atoms with E-state index in [1.165, 1.54) is 0 Å². The summed E-state index contributed by atoms with van der Waals surface area (Å²) in [6.45, 7) is 4.44. The lowest BCUT2D eigenvalue weighted by Crippen LogP contribution is -2.31. The van der Waals surface area contributed by atoms with Crippen molar-refractivity contribution < 1.29 is 19.0 Å². The van der Waals surface area contributed by atoms with E-state index < -0.39 is 0 Å². The fourth-order valence-corrected chi connectivity index (χ4v) is 2.45. The summed E-state index contributed by atoms with van der Waals surface area (Å²) < 4.78 is 16.2. The van der Waals surface area contributed by atoms with Gasteiger partial charge in [0.15, 0.2) is 18.1 Å². The number of rotatable bonds is 7. The van der Waals surface area contributed by atoms with Gasteiger partial charge in [-0.3, -0.25) is 4.79 Å². The zero-order valence-electron chi connectivity index (χ0n) is 15.5. The Morgan fingerprint density at radius 1 is 0.960 bits per heavy atom. The van der Waals surface area contributed by atoms with E-state index in [1.807, 2.05) is 50.2 Å². The number of carbonyl (C=O) groups excluding carboxylic acids is 1. The first-order valence-electron chi connectivity index (χ1n) is 8.09. The largest absolute Gasteiger partial charge is 0.493 e. The number of methoxy groups -OCH3 is 2. The summed E-state index contributed by atoms with van der Waals surface area (Å²) in [4.78, 5) is 14.0. The average molecular weight is 343 g/mol. The standard InChI is InChI=1S/C20H25NO4/c1-14-6-7-15(2)18(10-14)25-13-20(22)21(3)12-16-8-9-17(23-4)19(11-16)24-5/h6-11H,12-13H2,1-5H3. The molecule has 0 unspecified atom stereocenters. The molecule has 0 aliphatic carbocycles. The van der Waals surface area contributed by atoms with E-state index in [-0.39, 0.29) is 12.5 Å². The number of nitrogens with zero attached hydrogens (tertiary/aromatic N) is 1. The van der Waals surface area contributed by atoms with Crippen LogP contribution in [0.1, 0.15) is 16.7 Å². The maximum atomic E-state index is 12.3. The van der Waals surface area contributed by atoms with Crippen molar-refractivity contribution in [2.75, 3.05) is 27.9 Å². The van der Waals surface area contributed by atoms with Gasteiger partial charge in [0.2, 0.25) is 0 Å². The molecule has 25 heavy (non-hydrogen) atoms. The Kier molecular flexibility index (Phi) is 6.28. The summed E-state index contributed by atoms with van der Waals surface area (Å²) in [5.41, 5.74) is 3.08. The van der Waals surface area contributed by atoms with Crippen molar-refractivity contribution in [1.82, 2.24) is 4.90 Å². The smallest absolute Gasteiger partial charge is 0.260 e. The first-order chi connectivity index (χ1) is 11.9. The molecule has 0 atom stereocenters. The first kappa shape index (κ1) is 18.6. The molecule has 0 N–H and O–H groups in total. The van der Waals surface area contributed by atoms with Crippen LogP contribution >= 0.6 is 0 Å². The van der Waals surface area contributed by atoms with Crippen molar-refractivity contribution >= 4 is 5.91 Å². The number of hydrogen-bond acceptors (Lipinski definition) is 4. The van der Waals surface area contributed by atoms with Gasteiger partial charge in [0.25, 0.3) is 5.91 Å². The van der Waals surface area contributed by atoms with E-state index in [9.17, 15) is 4.79 Å². The van der Waals surface area contributed by atoms with Crippen molar-refractivity contribution in [3.63, 3.8) is 0 Å². The number of carbonyl (C=O) groups is 1. The van der Waals surface area contributed by atoms with E-state index in [0.717, 1.165) is 22.4 Å². The second-order valence-corrected chi connectivity index (χ2v) is 6.00. The predicted octanol–water partition coefficient (Wildman–Crippen LogP) is 3.36. The Labute approximate surface area is 149 Å². The summed E-state index contributed by atoms with van der Waals surface area (Å²) in [5, 5.41) is 0. The Bertz CT molecular complexity index is 742. The molecule has 0 bridgehead atoms. The molecule has 0 aromatic heterocycles. The first-order valence-corrected chi connectivity index (χ1v) is 8.09. The zero-order valence-corrected chi connectivity index (χ0v) is 15.5. The Morgan fingerprint density at radius 3 is 2.36 bits per heavy atom. The molecular formula is C20H25NO4. The van der Waals surface area contributed by atoms with Gasteiger partial charge in [-0.15, -0.1) is 0 Å². The lowest BCUT2D eigenvalue weighted by atomic mass is 10.1. The maximum Gasteiger partial charge on any atom is 0.260 e. The molecule has 0 fully saturated rings. The minimum absolute atomic E-state index is 0.00802. The molecule has 5 heteroatoms. The van der Waals surface area contributed by atoms with Gasteiger partial charge in [-0.05, 0) is 48.7 Å². The Balaban J connectivity index is 1.97. The highest BCUT2D eigenvalue weighted by atomic mass is 16.5. The highest BCUT2D eigenvalue weighted by molar-refractivity contribution is 5.77. The lowest BCUT2D eigenvalue weighted by molar-refractivity contribution is -0.132. The molecule has 0 aliphatic heterocycles. The highest BCUT2D eigenvalue weighted by Gasteiger charge is 2.13. The van der Waals surface area contributed by atoms with Crippen LogP contribution in [-0.2, 0) is 11.3 Å². The van der Waals surface area contributed by atoms with E-state index in [0.29, 0.717) is 18.0 Å². The Hall–Kier alpha value is -2.69. The van der Waals surface area contributed by atoms with Gasteiger partial charge >= 0.3 is 0 Å². The molecule has 0 spiro atoms. The molecule has 1 amide bonds. The fourth-order valence-electron chi connectivity index (χ4n) is 2.45. The van der Waals surface area contributed by atoms with Crippen molar-refractivity contribution in [3.8, 4) is 17.2 Å². The summed E-state index contributed by atoms with van der Waals surface area (Å²) in [5.74, 6) is 1.97. The monoisotopic (exact) mass is 343 g/mol. The van der Waals surface area contributed by atoms with Crippen LogP contribution in [0.15, 0.2) is 36.4 Å². The summed E-state index contributed by atoms with van der Waals surface area (Å²) >= 11 is 0. The average Bonchev–Trinajstić information content (AvgIpc) is 2.61. The van der Waals surface area contributed by atoms with Crippen LogP contribution in [0.3, 0.4) is 0 Å². The van der Waals surface area contributed by atoms with E-state index in [2.05, 4.69) is 0 Å². The number of ether oxygens (including phenoxy) is 3. The molecule has 2 rings (SSSR count). The number of amides is 1. The lowest BCUT2D eigenvalue weighted by Gasteiger charge is -2.19. The number of hydrogen-bond donors (Lipinski definition) is 0. The number of aryl methyl sites for hydroxylation is 2. The minimum atomic E-state index is -0.0873. The Morgan fingerprint density at radius 2 is 1.68 bits per heavy atom. The van der Waals surface area contributed by atoms with Crippen LogP contribution < -0.4 is 14.2 Å². The molecule has 0 aliphatic rings. The van der Waals surface area contributed by atoms with Crippen molar-refractivity contribution in [1.29, 1.82) is 0 Å². The molecule has 134 valence electrons. The van der Waals surface area contributed by atoms with Gasteiger partial charge in [-0.2, -0.15) is 0 Å². The van der Waals surface area contributed by atoms with Gasteiger partial charge in [-0.1, -0.05) is 18.2 Å². The van der Waals surface area contributed by atoms with Gasteiger partial charge in [0, 0.05) is 13.6 Å². The van der Waals surface area contributed by atoms with E-state index >= 15 is 0 Å². The molecule has 0 saturated carbocycles. The number of likely N-dealkylation sites (N-methyl/N-ethyl adjacent to an activating group) is 1. The van der Waals surface area contributed by atoms with Crippen LogP contribution in [0.4, 0.5) is 0 Å². The molecule has 0 heterocycles. The van der Waals surface area contributed by atoms with Crippen LogP contribution in [-0.4, -0.2) is 38.7 Å². The summed E-state index contributed by atoms with van der Waals surface area (Å²) in [7, 11) is 4.94. The molecule has 2 aromatic rings. The second-order valence-electron chi connectivity index (χ2n) is 6.00. The van der Waals surface area contributed by atoms with E-state index in [4.69, 9.17) is 14.2 Å². The minimum Gasteiger partial charge on any atom is -0.493 e. The van der Waals surface area contributed by atoms with Crippen LogP contribution in [0.5, 0.6) is 17.2 Å². The summed E-state index contributed by atoms with van der Waals surface area (Å²) in [6, 6.07) is 11.6. The normalized spacial score (nSPS) is 10.3. The van der Waals surface area contributed by atoms with Gasteiger partial charge in [0.1, 0.15) is 5.75 Å². The fraction of sp³-hybridized carbons (Fsp3) is 0.350. The van der Waals surface area contributed by atoms with Crippen LogP contribution in [0.2, 0.25) is 0 Å². The van der Waals surface area contributed by atoms with Crippen molar-refractivity contribution in [2.45, 2.75) is 20.4 Å². The van der Waals surface area contributed by atoms with Crippen molar-refractivity contribution in [3.05, 3.63) is 53.1 Å². The summed E-state index contributed by atoms with van der Waals surface area (Å²) in [6.07, 6.45) is 0. The maximum absolute atomic E-state index is 12.3. The van der Waals surface area contributed by atoms with E-state index in [1.54, 1.807) is 26.2 Å². The third-order valence-electron chi connectivity index (χ3n) is 3.99. The van der Waals surface area contributed by atoms with Gasteiger partial charge < -0.3 is 19.1 Å². The third kappa shape index (κ3) is 4.89. The SMILES string of the molecule is COc1ccc(CN(C)C(=O)COc2cc(C)ccc2C)cc1OC. The topological polar surface area (TPSA) is 48.0 Å². The quantitative estimate of drug-likeness (QED) is 0.773. The number of benzene rings is 2. The zero-order chi connectivity index (χ0) is 18.4. The second kappa shape index (κ2) is 8.42. The van der Waals surface area contributed by atoms with Crippen LogP contribution in [0.25, 0.3) is 0 Å². The predicted molar refractivity (Wildman–Crippen MR) is 97.4 cm³/mol.